The minimum Gasteiger partial charge on any atom is -0.494 e. The quantitative estimate of drug-likeness (QED) is 0.768. The van der Waals surface area contributed by atoms with E-state index in [0.717, 1.165) is 0 Å². The van der Waals surface area contributed by atoms with E-state index in [0.29, 0.717) is 12.2 Å². The van der Waals surface area contributed by atoms with Crippen molar-refractivity contribution in [1.29, 1.82) is 0 Å². The highest BCUT2D eigenvalue weighted by molar-refractivity contribution is 5.74. The van der Waals surface area contributed by atoms with Gasteiger partial charge in [-0.25, -0.2) is 4.39 Å². The molecule has 1 rings (SSSR count). The Bertz CT molecular complexity index is 355. The maximum absolute atomic E-state index is 13.0. The third-order valence-electron chi connectivity index (χ3n) is 1.85. The van der Waals surface area contributed by atoms with Crippen LogP contribution in [0.2, 0.25) is 0 Å². The van der Waals surface area contributed by atoms with Gasteiger partial charge in [0.1, 0.15) is 0 Å². The second kappa shape index (κ2) is 5.19. The highest BCUT2D eigenvalue weighted by Gasteiger charge is 2.03. The minimum atomic E-state index is -0.419. The van der Waals surface area contributed by atoms with Crippen LogP contribution in [0.25, 0.3) is 0 Å². The number of benzene rings is 1. The predicted molar refractivity (Wildman–Crippen MR) is 55.3 cm³/mol. The Morgan fingerprint density at radius 3 is 2.93 bits per heavy atom. The lowest BCUT2D eigenvalue weighted by Crippen LogP contribution is -2.15. The molecule has 0 heterocycles. The Morgan fingerprint density at radius 2 is 2.33 bits per heavy atom. The Morgan fingerprint density at radius 1 is 1.60 bits per heavy atom. The molecule has 82 valence electrons. The maximum Gasteiger partial charge on any atom is 0.219 e. The predicted octanol–water partition coefficient (Wildman–Crippen LogP) is 1.12. The van der Waals surface area contributed by atoms with Crippen LogP contribution < -0.4 is 15.8 Å². The molecule has 15 heavy (non-hydrogen) atoms. The van der Waals surface area contributed by atoms with E-state index in [2.05, 4.69) is 5.32 Å². The molecule has 4 nitrogen and oxygen atoms in total. The lowest BCUT2D eigenvalue weighted by molar-refractivity contribution is -0.117. The smallest absolute Gasteiger partial charge is 0.219 e. The first-order valence-electron chi connectivity index (χ1n) is 4.49. The van der Waals surface area contributed by atoms with Gasteiger partial charge in [0.15, 0.2) is 11.6 Å². The van der Waals surface area contributed by atoms with Crippen LogP contribution in [-0.2, 0) is 4.79 Å². The van der Waals surface area contributed by atoms with Crippen molar-refractivity contribution in [3.63, 3.8) is 0 Å². The maximum atomic E-state index is 13.0. The minimum absolute atomic E-state index is 0.166. The summed E-state index contributed by atoms with van der Waals surface area (Å²) in [7, 11) is 1.39. The van der Waals surface area contributed by atoms with Gasteiger partial charge in [0.2, 0.25) is 5.91 Å². The largest absolute Gasteiger partial charge is 0.494 e. The lowest BCUT2D eigenvalue weighted by Gasteiger charge is -2.07. The summed E-state index contributed by atoms with van der Waals surface area (Å²) in [4.78, 5) is 10.5. The van der Waals surface area contributed by atoms with Crippen LogP contribution in [0.15, 0.2) is 18.2 Å². The molecule has 0 atom stereocenters. The van der Waals surface area contributed by atoms with Crippen LogP contribution in [-0.4, -0.2) is 19.6 Å². The van der Waals surface area contributed by atoms with Crippen LogP contribution in [0, 0.1) is 5.82 Å². The first-order valence-corrected chi connectivity index (χ1v) is 4.49. The fraction of sp³-hybridized carbons (Fsp3) is 0.300. The number of halogens is 1. The second-order valence-electron chi connectivity index (χ2n) is 2.99. The van der Waals surface area contributed by atoms with Gasteiger partial charge >= 0.3 is 0 Å². The fourth-order valence-corrected chi connectivity index (χ4v) is 1.10. The molecule has 1 amide bonds. The normalized spacial score (nSPS) is 9.73. The molecule has 0 aliphatic carbocycles. The molecule has 1 aromatic carbocycles. The third-order valence-corrected chi connectivity index (χ3v) is 1.85. The zero-order chi connectivity index (χ0) is 11.3. The van der Waals surface area contributed by atoms with Gasteiger partial charge in [-0.15, -0.1) is 0 Å². The van der Waals surface area contributed by atoms with Gasteiger partial charge < -0.3 is 15.8 Å². The van der Waals surface area contributed by atoms with Crippen LogP contribution in [0.1, 0.15) is 6.42 Å². The monoisotopic (exact) mass is 212 g/mol. The molecule has 0 saturated heterocycles. The van der Waals surface area contributed by atoms with Crippen LogP contribution in [0.4, 0.5) is 10.1 Å². The van der Waals surface area contributed by atoms with Crippen molar-refractivity contribution in [2.24, 2.45) is 5.73 Å². The molecule has 0 radical (unpaired) electrons. The van der Waals surface area contributed by atoms with E-state index in [-0.39, 0.29) is 18.1 Å². The number of hydrogen-bond donors (Lipinski definition) is 2. The van der Waals surface area contributed by atoms with Gasteiger partial charge in [0.05, 0.1) is 7.11 Å². The average molecular weight is 212 g/mol. The standard InChI is InChI=1S/C10H13FN2O2/c1-15-9-6-7(2-3-8(9)11)13-5-4-10(12)14/h2-3,6,13H,4-5H2,1H3,(H2,12,14). The highest BCUT2D eigenvalue weighted by Crippen LogP contribution is 2.21. The molecule has 0 aromatic heterocycles. The molecule has 0 aliphatic heterocycles. The van der Waals surface area contributed by atoms with E-state index < -0.39 is 5.82 Å². The number of nitrogens with two attached hydrogens (primary N) is 1. The number of primary amides is 1. The van der Waals surface area contributed by atoms with Gasteiger partial charge in [-0.05, 0) is 12.1 Å². The van der Waals surface area contributed by atoms with Crippen LogP contribution in [0.5, 0.6) is 5.75 Å². The van der Waals surface area contributed by atoms with Crippen molar-refractivity contribution in [3.05, 3.63) is 24.0 Å². The zero-order valence-corrected chi connectivity index (χ0v) is 8.42. The topological polar surface area (TPSA) is 64.3 Å². The van der Waals surface area contributed by atoms with Crippen molar-refractivity contribution in [3.8, 4) is 5.75 Å². The molecular formula is C10H13FN2O2. The Labute approximate surface area is 87.2 Å². The summed E-state index contributed by atoms with van der Waals surface area (Å²) in [5, 5.41) is 2.93. The first-order chi connectivity index (χ1) is 7.13. The Balaban J connectivity index is 2.58. The van der Waals surface area contributed by atoms with Gasteiger partial charge in [-0.3, -0.25) is 4.79 Å². The number of ether oxygens (including phenoxy) is 1. The highest BCUT2D eigenvalue weighted by atomic mass is 19.1. The third kappa shape index (κ3) is 3.46. The summed E-state index contributed by atoms with van der Waals surface area (Å²) in [5.74, 6) is -0.631. The summed E-state index contributed by atoms with van der Waals surface area (Å²) in [6.45, 7) is 0.421. The summed E-state index contributed by atoms with van der Waals surface area (Å²) in [6.07, 6.45) is 0.236. The molecule has 0 spiro atoms. The first kappa shape index (κ1) is 11.3. The molecule has 3 N–H and O–H groups in total. The number of carbonyl (C=O) groups excluding carboxylic acids is 1. The summed E-state index contributed by atoms with van der Waals surface area (Å²) in [5.41, 5.74) is 5.66. The molecule has 5 heteroatoms. The molecular weight excluding hydrogens is 199 g/mol. The van der Waals surface area contributed by atoms with Crippen LogP contribution >= 0.6 is 0 Å². The number of nitrogens with one attached hydrogen (secondary N) is 1. The van der Waals surface area contributed by atoms with E-state index in [4.69, 9.17) is 10.5 Å². The van der Waals surface area contributed by atoms with Crippen molar-refractivity contribution in [2.45, 2.75) is 6.42 Å². The number of amides is 1. The number of rotatable bonds is 5. The van der Waals surface area contributed by atoms with Crippen molar-refractivity contribution >= 4 is 11.6 Å². The van der Waals surface area contributed by atoms with Gasteiger partial charge in [0, 0.05) is 24.7 Å². The number of methoxy groups -OCH3 is 1. The van der Waals surface area contributed by atoms with E-state index in [1.165, 1.54) is 19.2 Å². The van der Waals surface area contributed by atoms with Gasteiger partial charge in [-0.1, -0.05) is 0 Å². The number of carbonyl (C=O) groups is 1. The molecule has 0 fully saturated rings. The Hall–Kier alpha value is -1.78. The van der Waals surface area contributed by atoms with Gasteiger partial charge in [0.25, 0.3) is 0 Å². The summed E-state index contributed by atoms with van der Waals surface area (Å²) < 4.78 is 17.8. The van der Waals surface area contributed by atoms with Crippen LogP contribution in [0.3, 0.4) is 0 Å². The van der Waals surface area contributed by atoms with Gasteiger partial charge in [-0.2, -0.15) is 0 Å². The van der Waals surface area contributed by atoms with Crippen molar-refractivity contribution < 1.29 is 13.9 Å². The fourth-order valence-electron chi connectivity index (χ4n) is 1.10. The molecule has 0 bridgehead atoms. The van der Waals surface area contributed by atoms with E-state index >= 15 is 0 Å². The van der Waals surface area contributed by atoms with E-state index in [1.807, 2.05) is 0 Å². The average Bonchev–Trinajstić information content (AvgIpc) is 2.20. The zero-order valence-electron chi connectivity index (χ0n) is 8.42. The lowest BCUT2D eigenvalue weighted by atomic mass is 10.3. The summed E-state index contributed by atoms with van der Waals surface area (Å²) in [6, 6.07) is 4.39. The second-order valence-corrected chi connectivity index (χ2v) is 2.99. The Kier molecular flexibility index (Phi) is 3.91. The van der Waals surface area contributed by atoms with E-state index in [1.54, 1.807) is 6.07 Å². The summed E-state index contributed by atoms with van der Waals surface area (Å²) >= 11 is 0. The molecule has 0 saturated carbocycles. The molecule has 0 unspecified atom stereocenters. The number of hydrogen-bond acceptors (Lipinski definition) is 3. The van der Waals surface area contributed by atoms with E-state index in [9.17, 15) is 9.18 Å². The SMILES string of the molecule is COc1cc(NCCC(N)=O)ccc1F. The van der Waals surface area contributed by atoms with Crippen molar-refractivity contribution in [1.82, 2.24) is 0 Å². The molecule has 0 aliphatic rings. The van der Waals surface area contributed by atoms with Crippen molar-refractivity contribution in [2.75, 3.05) is 19.0 Å². The number of anilines is 1. The molecule has 1 aromatic rings.